The molecule has 0 heterocycles. The van der Waals surface area contributed by atoms with Gasteiger partial charge in [0.2, 0.25) is 5.91 Å². The van der Waals surface area contributed by atoms with Gasteiger partial charge in [-0.15, -0.1) is 0 Å². The monoisotopic (exact) mass is 290 g/mol. The predicted octanol–water partition coefficient (Wildman–Crippen LogP) is 3.94. The van der Waals surface area contributed by atoms with E-state index in [9.17, 15) is 4.79 Å². The third-order valence-corrected chi connectivity index (χ3v) is 3.77. The number of carbonyl (C=O) groups is 1. The van der Waals surface area contributed by atoms with Gasteiger partial charge < -0.3 is 11.1 Å². The summed E-state index contributed by atoms with van der Waals surface area (Å²) in [5.41, 5.74) is 6.80. The van der Waals surface area contributed by atoms with Gasteiger partial charge in [0, 0.05) is 6.54 Å². The largest absolute Gasteiger partial charge is 0.354 e. The van der Waals surface area contributed by atoms with Crippen molar-refractivity contribution >= 4 is 5.91 Å². The van der Waals surface area contributed by atoms with Gasteiger partial charge in [-0.3, -0.25) is 4.79 Å². The van der Waals surface area contributed by atoms with Gasteiger partial charge in [0.15, 0.2) is 0 Å². The molecular formula is C18H30N2O. The fraction of sp³-hybridized carbons (Fsp3) is 0.611. The first-order chi connectivity index (χ1) is 10.3. The van der Waals surface area contributed by atoms with Crippen LogP contribution in [0.5, 0.6) is 0 Å². The summed E-state index contributed by atoms with van der Waals surface area (Å²) in [5, 5.41) is 2.93. The molecule has 0 aliphatic heterocycles. The highest BCUT2D eigenvalue weighted by molar-refractivity contribution is 5.82. The zero-order chi connectivity index (χ0) is 15.3. The Labute approximate surface area is 129 Å². The topological polar surface area (TPSA) is 55.1 Å². The minimum Gasteiger partial charge on any atom is -0.354 e. The van der Waals surface area contributed by atoms with E-state index < -0.39 is 6.04 Å². The molecule has 0 bridgehead atoms. The van der Waals surface area contributed by atoms with Crippen LogP contribution in [0.3, 0.4) is 0 Å². The van der Waals surface area contributed by atoms with Crippen molar-refractivity contribution in [1.82, 2.24) is 5.32 Å². The van der Waals surface area contributed by atoms with Gasteiger partial charge in [0.25, 0.3) is 0 Å². The van der Waals surface area contributed by atoms with Crippen LogP contribution < -0.4 is 11.1 Å². The van der Waals surface area contributed by atoms with E-state index in [0.717, 1.165) is 18.5 Å². The van der Waals surface area contributed by atoms with Crippen LogP contribution in [0, 0.1) is 0 Å². The molecule has 3 nitrogen and oxygen atoms in total. The lowest BCUT2D eigenvalue weighted by molar-refractivity contribution is -0.122. The number of nitrogens with one attached hydrogen (secondary N) is 1. The smallest absolute Gasteiger partial charge is 0.241 e. The molecule has 0 fully saturated rings. The van der Waals surface area contributed by atoms with E-state index in [-0.39, 0.29) is 5.91 Å². The maximum Gasteiger partial charge on any atom is 0.241 e. The normalized spacial score (nSPS) is 12.1. The molecule has 118 valence electrons. The molecule has 0 radical (unpaired) electrons. The van der Waals surface area contributed by atoms with Gasteiger partial charge in [-0.2, -0.15) is 0 Å². The number of hydrogen-bond acceptors (Lipinski definition) is 2. The van der Waals surface area contributed by atoms with Crippen molar-refractivity contribution in [2.75, 3.05) is 6.54 Å². The van der Waals surface area contributed by atoms with Gasteiger partial charge in [-0.05, 0) is 12.0 Å². The molecule has 0 aliphatic carbocycles. The van der Waals surface area contributed by atoms with Crippen LogP contribution in [-0.2, 0) is 4.79 Å². The second-order valence-electron chi connectivity index (χ2n) is 5.65. The van der Waals surface area contributed by atoms with E-state index in [1.165, 1.54) is 44.9 Å². The van der Waals surface area contributed by atoms with Crippen molar-refractivity contribution in [3.8, 4) is 0 Å². The van der Waals surface area contributed by atoms with E-state index >= 15 is 0 Å². The lowest BCUT2D eigenvalue weighted by Crippen LogP contribution is -2.34. The Balaban J connectivity index is 2.03. The van der Waals surface area contributed by atoms with E-state index in [1.807, 2.05) is 30.3 Å². The van der Waals surface area contributed by atoms with Gasteiger partial charge in [0.05, 0.1) is 0 Å². The third-order valence-electron chi connectivity index (χ3n) is 3.77. The quantitative estimate of drug-likeness (QED) is 0.606. The average molecular weight is 290 g/mol. The summed E-state index contributed by atoms with van der Waals surface area (Å²) in [7, 11) is 0. The maximum absolute atomic E-state index is 11.9. The first kappa shape index (κ1) is 17.7. The van der Waals surface area contributed by atoms with E-state index in [2.05, 4.69) is 12.2 Å². The predicted molar refractivity (Wildman–Crippen MR) is 89.0 cm³/mol. The fourth-order valence-electron chi connectivity index (χ4n) is 2.39. The van der Waals surface area contributed by atoms with Gasteiger partial charge in [0.1, 0.15) is 6.04 Å². The first-order valence-electron chi connectivity index (χ1n) is 8.34. The van der Waals surface area contributed by atoms with Gasteiger partial charge in [-0.25, -0.2) is 0 Å². The zero-order valence-corrected chi connectivity index (χ0v) is 13.3. The Bertz CT molecular complexity index is 378. The van der Waals surface area contributed by atoms with Crippen molar-refractivity contribution < 1.29 is 4.79 Å². The number of rotatable bonds is 11. The highest BCUT2D eigenvalue weighted by Crippen LogP contribution is 2.10. The molecule has 3 heteroatoms. The number of nitrogens with two attached hydrogens (primary N) is 1. The van der Waals surface area contributed by atoms with Crippen LogP contribution >= 0.6 is 0 Å². The number of unbranched alkanes of at least 4 members (excludes halogenated alkanes) is 7. The first-order valence-corrected chi connectivity index (χ1v) is 8.34. The summed E-state index contributed by atoms with van der Waals surface area (Å²) in [5.74, 6) is -0.0795. The Hall–Kier alpha value is -1.35. The van der Waals surface area contributed by atoms with Crippen LogP contribution in [-0.4, -0.2) is 12.5 Å². The Kier molecular flexibility index (Phi) is 9.55. The van der Waals surface area contributed by atoms with E-state index in [1.54, 1.807) is 0 Å². The second-order valence-corrected chi connectivity index (χ2v) is 5.65. The van der Waals surface area contributed by atoms with E-state index in [4.69, 9.17) is 5.73 Å². The Morgan fingerprint density at radius 1 is 1.00 bits per heavy atom. The zero-order valence-electron chi connectivity index (χ0n) is 13.3. The number of carbonyl (C=O) groups excluding carboxylic acids is 1. The SMILES string of the molecule is CCCCCCCCCCNC(=O)[C@@H](N)c1ccccc1. The highest BCUT2D eigenvalue weighted by atomic mass is 16.2. The standard InChI is InChI=1S/C18H30N2O/c1-2-3-4-5-6-7-8-12-15-20-18(21)17(19)16-13-10-9-11-14-16/h9-11,13-14,17H,2-8,12,15,19H2,1H3,(H,20,21)/t17-/m0/s1. The highest BCUT2D eigenvalue weighted by Gasteiger charge is 2.14. The fourth-order valence-corrected chi connectivity index (χ4v) is 2.39. The molecular weight excluding hydrogens is 260 g/mol. The van der Waals surface area contributed by atoms with Crippen molar-refractivity contribution in [1.29, 1.82) is 0 Å². The summed E-state index contributed by atoms with van der Waals surface area (Å²) in [6.07, 6.45) is 10.2. The molecule has 21 heavy (non-hydrogen) atoms. The molecule has 1 aromatic carbocycles. The molecule has 0 aliphatic rings. The molecule has 0 unspecified atom stereocenters. The average Bonchev–Trinajstić information content (AvgIpc) is 2.53. The summed E-state index contributed by atoms with van der Waals surface area (Å²) in [6.45, 7) is 2.97. The maximum atomic E-state index is 11.9. The molecule has 1 aromatic rings. The minimum absolute atomic E-state index is 0.0795. The number of amides is 1. The summed E-state index contributed by atoms with van der Waals surface area (Å²) < 4.78 is 0. The molecule has 0 spiro atoms. The van der Waals surface area contributed by atoms with Crippen LogP contribution in [0.25, 0.3) is 0 Å². The molecule has 0 aromatic heterocycles. The van der Waals surface area contributed by atoms with Gasteiger partial charge in [-0.1, -0.05) is 82.2 Å². The van der Waals surface area contributed by atoms with Crippen molar-refractivity contribution in [3.05, 3.63) is 35.9 Å². The number of benzene rings is 1. The molecule has 0 saturated heterocycles. The van der Waals surface area contributed by atoms with Crippen LogP contribution in [0.4, 0.5) is 0 Å². The van der Waals surface area contributed by atoms with Crippen molar-refractivity contribution in [2.45, 2.75) is 64.3 Å². The molecule has 1 amide bonds. The summed E-state index contributed by atoms with van der Waals surface area (Å²) in [4.78, 5) is 11.9. The lowest BCUT2D eigenvalue weighted by Gasteiger charge is -2.12. The molecule has 0 saturated carbocycles. The van der Waals surface area contributed by atoms with Gasteiger partial charge >= 0.3 is 0 Å². The Morgan fingerprint density at radius 2 is 1.57 bits per heavy atom. The Morgan fingerprint density at radius 3 is 2.19 bits per heavy atom. The molecule has 1 atom stereocenters. The summed E-state index contributed by atoms with van der Waals surface area (Å²) in [6, 6.07) is 8.96. The summed E-state index contributed by atoms with van der Waals surface area (Å²) >= 11 is 0. The third kappa shape index (κ3) is 7.86. The van der Waals surface area contributed by atoms with Crippen molar-refractivity contribution in [3.63, 3.8) is 0 Å². The van der Waals surface area contributed by atoms with Crippen LogP contribution in [0.15, 0.2) is 30.3 Å². The minimum atomic E-state index is -0.555. The molecule has 1 rings (SSSR count). The number of hydrogen-bond donors (Lipinski definition) is 2. The molecule has 3 N–H and O–H groups in total. The lowest BCUT2D eigenvalue weighted by atomic mass is 10.1. The second kappa shape index (κ2) is 11.3. The van der Waals surface area contributed by atoms with Crippen LogP contribution in [0.1, 0.15) is 69.9 Å². The van der Waals surface area contributed by atoms with Crippen LogP contribution in [0.2, 0.25) is 0 Å². The van der Waals surface area contributed by atoms with Crippen molar-refractivity contribution in [2.24, 2.45) is 5.73 Å². The van der Waals surface area contributed by atoms with E-state index in [0.29, 0.717) is 0 Å².